The Morgan fingerprint density at radius 2 is 2.05 bits per heavy atom. The molecule has 1 aromatic rings. The molecule has 1 rings (SSSR count). The Morgan fingerprint density at radius 1 is 1.40 bits per heavy atom. The van der Waals surface area contributed by atoms with Gasteiger partial charge in [0.2, 0.25) is 0 Å². The Balaban J connectivity index is 2.81. The van der Waals surface area contributed by atoms with E-state index in [4.69, 9.17) is 0 Å². The van der Waals surface area contributed by atoms with E-state index >= 15 is 0 Å². The molecule has 7 heteroatoms. The molecule has 20 heavy (non-hydrogen) atoms. The average Bonchev–Trinajstić information content (AvgIpc) is 2.38. The van der Waals surface area contributed by atoms with E-state index in [1.54, 1.807) is 0 Å². The number of rotatable bonds is 4. The summed E-state index contributed by atoms with van der Waals surface area (Å²) >= 11 is 0. The van der Waals surface area contributed by atoms with Crippen molar-refractivity contribution < 1.29 is 27.1 Å². The third kappa shape index (κ3) is 4.25. The summed E-state index contributed by atoms with van der Waals surface area (Å²) in [5.41, 5.74) is -0.962. The van der Waals surface area contributed by atoms with Crippen molar-refractivity contribution in [3.8, 4) is 0 Å². The number of nitrogens with one attached hydrogen (secondary N) is 1. The summed E-state index contributed by atoms with van der Waals surface area (Å²) in [7, 11) is 1.21. The molecule has 0 atom stereocenters. The predicted molar refractivity (Wildman–Crippen MR) is 65.7 cm³/mol. The number of alkyl halides is 3. The fourth-order valence-corrected chi connectivity index (χ4v) is 1.40. The number of halogens is 4. The number of ether oxygens (including phenoxy) is 1. The Hall–Kier alpha value is -2.05. The average molecular weight is 291 g/mol. The molecule has 0 saturated heterocycles. The Kier molecular flexibility index (Phi) is 5.12. The molecule has 0 aliphatic rings. The lowest BCUT2D eigenvalue weighted by Gasteiger charge is -2.10. The van der Waals surface area contributed by atoms with Gasteiger partial charge in [-0.05, 0) is 25.1 Å². The van der Waals surface area contributed by atoms with Crippen LogP contribution in [0.5, 0.6) is 0 Å². The first-order valence-corrected chi connectivity index (χ1v) is 5.61. The van der Waals surface area contributed by atoms with Gasteiger partial charge in [0.1, 0.15) is 5.82 Å². The van der Waals surface area contributed by atoms with Crippen LogP contribution in [0.15, 0.2) is 29.8 Å². The second-order valence-corrected chi connectivity index (χ2v) is 3.95. The summed E-state index contributed by atoms with van der Waals surface area (Å²) in [6.07, 6.45) is -3.15. The van der Waals surface area contributed by atoms with Crippen molar-refractivity contribution in [3.63, 3.8) is 0 Å². The highest BCUT2D eigenvalue weighted by Gasteiger charge is 2.31. The van der Waals surface area contributed by atoms with Crippen molar-refractivity contribution in [2.24, 2.45) is 0 Å². The topological polar surface area (TPSA) is 38.3 Å². The molecule has 110 valence electrons. The quantitative estimate of drug-likeness (QED) is 0.525. The number of hydrogen-bond acceptors (Lipinski definition) is 3. The number of benzene rings is 1. The van der Waals surface area contributed by atoms with Gasteiger partial charge in [-0.15, -0.1) is 0 Å². The van der Waals surface area contributed by atoms with Crippen LogP contribution < -0.4 is 5.32 Å². The van der Waals surface area contributed by atoms with E-state index in [0.717, 1.165) is 6.07 Å². The summed E-state index contributed by atoms with van der Waals surface area (Å²) in [6, 6.07) is 2.08. The highest BCUT2D eigenvalue weighted by atomic mass is 19.4. The molecule has 1 aromatic carbocycles. The third-order valence-corrected chi connectivity index (χ3v) is 2.50. The van der Waals surface area contributed by atoms with Crippen LogP contribution in [0, 0.1) is 5.82 Å². The normalized spacial score (nSPS) is 12.2. The maximum Gasteiger partial charge on any atom is 0.416 e. The summed E-state index contributed by atoms with van der Waals surface area (Å²) in [6.45, 7) is 1.48. The van der Waals surface area contributed by atoms with E-state index in [2.05, 4.69) is 10.1 Å². The van der Waals surface area contributed by atoms with E-state index in [-0.39, 0.29) is 17.8 Å². The fraction of sp³-hybridized carbons (Fsp3) is 0.308. The zero-order valence-electron chi connectivity index (χ0n) is 10.8. The van der Waals surface area contributed by atoms with Gasteiger partial charge in [0.25, 0.3) is 0 Å². The van der Waals surface area contributed by atoms with Gasteiger partial charge in [0, 0.05) is 12.1 Å². The standard InChI is InChI=1S/C13H13F4NO2/c1-8(12(19)20-2)5-6-18-11-7-9(13(15,16)17)3-4-10(11)14/h3-5,7,18H,6H2,1-2H3/b8-5+. The SMILES string of the molecule is COC(=O)/C(C)=C/CNc1cc(C(F)(F)F)ccc1F. The monoisotopic (exact) mass is 291 g/mol. The maximum absolute atomic E-state index is 13.4. The van der Waals surface area contributed by atoms with Crippen LogP contribution in [0.25, 0.3) is 0 Å². The van der Waals surface area contributed by atoms with Gasteiger partial charge in [-0.2, -0.15) is 13.2 Å². The molecule has 0 heterocycles. The molecule has 0 aliphatic heterocycles. The van der Waals surface area contributed by atoms with Crippen molar-refractivity contribution in [2.75, 3.05) is 19.0 Å². The smallest absolute Gasteiger partial charge is 0.416 e. The van der Waals surface area contributed by atoms with Crippen molar-refractivity contribution >= 4 is 11.7 Å². The molecule has 0 aromatic heterocycles. The van der Waals surface area contributed by atoms with Crippen LogP contribution >= 0.6 is 0 Å². The second kappa shape index (κ2) is 6.40. The van der Waals surface area contributed by atoms with E-state index in [9.17, 15) is 22.4 Å². The van der Waals surface area contributed by atoms with E-state index in [0.29, 0.717) is 12.1 Å². The van der Waals surface area contributed by atoms with Gasteiger partial charge in [0.15, 0.2) is 0 Å². The van der Waals surface area contributed by atoms with E-state index in [1.165, 1.54) is 20.1 Å². The number of carbonyl (C=O) groups excluding carboxylic acids is 1. The Bertz CT molecular complexity index is 524. The summed E-state index contributed by atoms with van der Waals surface area (Å²) in [5, 5.41) is 2.48. The molecule has 0 saturated carbocycles. The first-order valence-electron chi connectivity index (χ1n) is 5.61. The lowest BCUT2D eigenvalue weighted by molar-refractivity contribution is -0.137. The zero-order valence-corrected chi connectivity index (χ0v) is 10.8. The van der Waals surface area contributed by atoms with E-state index in [1.807, 2.05) is 0 Å². The number of carbonyl (C=O) groups is 1. The molecular weight excluding hydrogens is 278 g/mol. The largest absolute Gasteiger partial charge is 0.466 e. The van der Waals surface area contributed by atoms with Crippen LogP contribution in [0.1, 0.15) is 12.5 Å². The number of hydrogen-bond donors (Lipinski definition) is 1. The maximum atomic E-state index is 13.4. The molecule has 0 radical (unpaired) electrons. The molecule has 3 nitrogen and oxygen atoms in total. The molecule has 0 bridgehead atoms. The van der Waals surface area contributed by atoms with Gasteiger partial charge in [-0.25, -0.2) is 9.18 Å². The molecule has 0 spiro atoms. The molecule has 0 aliphatic carbocycles. The predicted octanol–water partition coefficient (Wildman–Crippen LogP) is 3.38. The Labute approximate surface area is 113 Å². The van der Waals surface area contributed by atoms with Crippen molar-refractivity contribution in [1.82, 2.24) is 0 Å². The summed E-state index contributed by atoms with van der Waals surface area (Å²) in [5.74, 6) is -1.36. The molecule has 0 amide bonds. The van der Waals surface area contributed by atoms with Gasteiger partial charge in [-0.1, -0.05) is 6.08 Å². The van der Waals surface area contributed by atoms with E-state index < -0.39 is 23.5 Å². The van der Waals surface area contributed by atoms with Gasteiger partial charge in [-0.3, -0.25) is 0 Å². The third-order valence-electron chi connectivity index (χ3n) is 2.50. The zero-order chi connectivity index (χ0) is 15.3. The van der Waals surface area contributed by atoms with Crippen LogP contribution in [0.3, 0.4) is 0 Å². The van der Waals surface area contributed by atoms with Crippen LogP contribution in [-0.2, 0) is 15.7 Å². The van der Waals surface area contributed by atoms with Crippen LogP contribution in [0.4, 0.5) is 23.2 Å². The minimum atomic E-state index is -4.54. The molecule has 0 fully saturated rings. The lowest BCUT2D eigenvalue weighted by Crippen LogP contribution is -2.09. The Morgan fingerprint density at radius 3 is 2.60 bits per heavy atom. The highest BCUT2D eigenvalue weighted by Crippen LogP contribution is 2.31. The van der Waals surface area contributed by atoms with Gasteiger partial charge >= 0.3 is 12.1 Å². The van der Waals surface area contributed by atoms with Gasteiger partial charge in [0.05, 0.1) is 18.4 Å². The minimum Gasteiger partial charge on any atom is -0.466 e. The number of esters is 1. The molecule has 0 unspecified atom stereocenters. The van der Waals surface area contributed by atoms with Crippen molar-refractivity contribution in [1.29, 1.82) is 0 Å². The highest BCUT2D eigenvalue weighted by molar-refractivity contribution is 5.87. The van der Waals surface area contributed by atoms with Crippen molar-refractivity contribution in [2.45, 2.75) is 13.1 Å². The molecular formula is C13H13F4NO2. The first kappa shape index (κ1) is 16.0. The second-order valence-electron chi connectivity index (χ2n) is 3.95. The fourth-order valence-electron chi connectivity index (χ4n) is 1.40. The van der Waals surface area contributed by atoms with Crippen LogP contribution in [-0.4, -0.2) is 19.6 Å². The van der Waals surface area contributed by atoms with Crippen LogP contribution in [0.2, 0.25) is 0 Å². The number of anilines is 1. The lowest BCUT2D eigenvalue weighted by atomic mass is 10.2. The first-order chi connectivity index (χ1) is 9.25. The summed E-state index contributed by atoms with van der Waals surface area (Å²) in [4.78, 5) is 11.1. The van der Waals surface area contributed by atoms with Crippen molar-refractivity contribution in [3.05, 3.63) is 41.2 Å². The summed E-state index contributed by atoms with van der Waals surface area (Å²) < 4.78 is 55.2. The number of methoxy groups -OCH3 is 1. The molecule has 1 N–H and O–H groups in total. The van der Waals surface area contributed by atoms with Gasteiger partial charge < -0.3 is 10.1 Å². The minimum absolute atomic E-state index is 0.000830.